The number of thioether (sulfide) groups is 1. The molecule has 3 rings (SSSR count). The highest BCUT2D eigenvalue weighted by atomic mass is 35.5. The second kappa shape index (κ2) is 9.40. The van der Waals surface area contributed by atoms with Crippen LogP contribution in [0.5, 0.6) is 5.75 Å². The van der Waals surface area contributed by atoms with Crippen molar-refractivity contribution in [3.63, 3.8) is 0 Å². The molecule has 0 saturated heterocycles. The summed E-state index contributed by atoms with van der Waals surface area (Å²) in [7, 11) is 0. The third-order valence-corrected chi connectivity index (χ3v) is 5.30. The first-order chi connectivity index (χ1) is 13.8. The Balaban J connectivity index is 1.59. The zero-order chi connectivity index (χ0) is 21.0. The van der Waals surface area contributed by atoms with Crippen molar-refractivity contribution in [3.05, 3.63) is 29.0 Å². The lowest BCUT2D eigenvalue weighted by Gasteiger charge is -2.10. The van der Waals surface area contributed by atoms with E-state index in [1.165, 1.54) is 30.0 Å². The SMILES string of the molecule is NC(=O)CCn1c(SCC(=O)Nc2ccc(OC(F)F)c(Cl)c2)nnc1C1CC1. The summed E-state index contributed by atoms with van der Waals surface area (Å²) < 4.78 is 30.6. The van der Waals surface area contributed by atoms with Gasteiger partial charge in [0.15, 0.2) is 5.16 Å². The van der Waals surface area contributed by atoms with E-state index in [2.05, 4.69) is 20.3 Å². The van der Waals surface area contributed by atoms with Crippen LogP contribution in [0.4, 0.5) is 14.5 Å². The van der Waals surface area contributed by atoms with E-state index in [1.54, 1.807) is 0 Å². The number of hydrogen-bond acceptors (Lipinski definition) is 6. The molecular weight excluding hydrogens is 428 g/mol. The first-order valence-corrected chi connectivity index (χ1v) is 10.1. The summed E-state index contributed by atoms with van der Waals surface area (Å²) in [5.41, 5.74) is 5.58. The molecule has 1 aliphatic carbocycles. The van der Waals surface area contributed by atoms with Gasteiger partial charge in [-0.05, 0) is 31.0 Å². The molecular formula is C17H18ClF2N5O3S. The monoisotopic (exact) mass is 445 g/mol. The molecule has 1 fully saturated rings. The minimum Gasteiger partial charge on any atom is -0.433 e. The number of amides is 2. The van der Waals surface area contributed by atoms with Gasteiger partial charge in [0.2, 0.25) is 11.8 Å². The Morgan fingerprint density at radius 1 is 1.38 bits per heavy atom. The Morgan fingerprint density at radius 3 is 2.76 bits per heavy atom. The van der Waals surface area contributed by atoms with Gasteiger partial charge in [-0.15, -0.1) is 10.2 Å². The van der Waals surface area contributed by atoms with Crippen molar-refractivity contribution in [2.75, 3.05) is 11.1 Å². The minimum absolute atomic E-state index is 0.0340. The van der Waals surface area contributed by atoms with Crippen LogP contribution in [0, 0.1) is 0 Å². The highest BCUT2D eigenvalue weighted by Crippen LogP contribution is 2.40. The standard InChI is InChI=1S/C17H18ClF2N5O3S/c18-11-7-10(3-4-12(11)28-16(19)20)22-14(27)8-29-17-24-23-15(9-1-2-9)25(17)6-5-13(21)26/h3-4,7,9,16H,1-2,5-6,8H2,(H2,21,26)(H,22,27). The van der Waals surface area contributed by atoms with Gasteiger partial charge in [-0.2, -0.15) is 8.78 Å². The number of alkyl halides is 2. The Hall–Kier alpha value is -2.40. The first kappa shape index (κ1) is 21.3. The van der Waals surface area contributed by atoms with E-state index in [9.17, 15) is 18.4 Å². The number of primary amides is 1. The van der Waals surface area contributed by atoms with Crippen molar-refractivity contribution >= 4 is 40.9 Å². The van der Waals surface area contributed by atoms with Gasteiger partial charge in [0.1, 0.15) is 11.6 Å². The van der Waals surface area contributed by atoms with Crippen molar-refractivity contribution in [3.8, 4) is 5.75 Å². The van der Waals surface area contributed by atoms with Crippen LogP contribution in [0.3, 0.4) is 0 Å². The second-order valence-corrected chi connectivity index (χ2v) is 7.69. The lowest BCUT2D eigenvalue weighted by Crippen LogP contribution is -2.17. The molecule has 29 heavy (non-hydrogen) atoms. The van der Waals surface area contributed by atoms with E-state index in [1.807, 2.05) is 4.57 Å². The van der Waals surface area contributed by atoms with Crippen LogP contribution in [0.2, 0.25) is 5.02 Å². The van der Waals surface area contributed by atoms with E-state index >= 15 is 0 Å². The molecule has 0 spiro atoms. The smallest absolute Gasteiger partial charge is 0.387 e. The molecule has 8 nitrogen and oxygen atoms in total. The molecule has 12 heteroatoms. The minimum atomic E-state index is -2.99. The molecule has 0 aliphatic heterocycles. The van der Waals surface area contributed by atoms with Gasteiger partial charge in [-0.3, -0.25) is 9.59 Å². The normalized spacial score (nSPS) is 13.5. The molecule has 156 valence electrons. The van der Waals surface area contributed by atoms with Crippen molar-refractivity contribution in [1.82, 2.24) is 14.8 Å². The van der Waals surface area contributed by atoms with Crippen molar-refractivity contribution < 1.29 is 23.1 Å². The Morgan fingerprint density at radius 2 is 2.14 bits per heavy atom. The predicted octanol–water partition coefficient (Wildman–Crippen LogP) is 3.02. The number of anilines is 1. The number of nitrogens with one attached hydrogen (secondary N) is 1. The van der Waals surface area contributed by atoms with E-state index in [0.29, 0.717) is 23.3 Å². The van der Waals surface area contributed by atoms with Crippen molar-refractivity contribution in [1.29, 1.82) is 0 Å². The molecule has 0 unspecified atom stereocenters. The summed E-state index contributed by atoms with van der Waals surface area (Å²) in [5.74, 6) is 0.220. The van der Waals surface area contributed by atoms with Crippen LogP contribution in [-0.2, 0) is 16.1 Å². The third-order valence-electron chi connectivity index (χ3n) is 4.03. The van der Waals surface area contributed by atoms with Crippen molar-refractivity contribution in [2.24, 2.45) is 5.73 Å². The Bertz CT molecular complexity index is 907. The van der Waals surface area contributed by atoms with Gasteiger partial charge in [-0.25, -0.2) is 0 Å². The summed E-state index contributed by atoms with van der Waals surface area (Å²) in [6.07, 6.45) is 2.20. The van der Waals surface area contributed by atoms with Gasteiger partial charge in [0.25, 0.3) is 0 Å². The van der Waals surface area contributed by atoms with Crippen LogP contribution >= 0.6 is 23.4 Å². The number of benzene rings is 1. The molecule has 1 aromatic heterocycles. The van der Waals surface area contributed by atoms with Crippen LogP contribution in [-0.4, -0.2) is 38.9 Å². The second-order valence-electron chi connectivity index (χ2n) is 6.34. The number of carbonyl (C=O) groups excluding carboxylic acids is 2. The molecule has 3 N–H and O–H groups in total. The molecule has 0 atom stereocenters. The van der Waals surface area contributed by atoms with Gasteiger partial charge >= 0.3 is 6.61 Å². The molecule has 1 saturated carbocycles. The average molecular weight is 446 g/mol. The van der Waals surface area contributed by atoms with Crippen LogP contribution < -0.4 is 15.8 Å². The maximum Gasteiger partial charge on any atom is 0.387 e. The molecule has 2 aromatic rings. The fourth-order valence-electron chi connectivity index (χ4n) is 2.58. The van der Waals surface area contributed by atoms with Gasteiger partial charge in [0, 0.05) is 24.6 Å². The zero-order valence-corrected chi connectivity index (χ0v) is 16.7. The topological polar surface area (TPSA) is 112 Å². The van der Waals surface area contributed by atoms with Crippen LogP contribution in [0.25, 0.3) is 0 Å². The van der Waals surface area contributed by atoms with Crippen LogP contribution in [0.1, 0.15) is 31.0 Å². The van der Waals surface area contributed by atoms with Gasteiger partial charge in [-0.1, -0.05) is 23.4 Å². The van der Waals surface area contributed by atoms with Crippen molar-refractivity contribution in [2.45, 2.75) is 43.5 Å². The summed E-state index contributed by atoms with van der Waals surface area (Å²) in [6, 6.07) is 3.98. The first-order valence-electron chi connectivity index (χ1n) is 8.72. The zero-order valence-electron chi connectivity index (χ0n) is 15.1. The number of hydrogen-bond donors (Lipinski definition) is 2. The number of rotatable bonds is 10. The van der Waals surface area contributed by atoms with E-state index in [4.69, 9.17) is 17.3 Å². The fraction of sp³-hybridized carbons (Fsp3) is 0.412. The van der Waals surface area contributed by atoms with Crippen LogP contribution in [0.15, 0.2) is 23.4 Å². The molecule has 1 aliphatic rings. The van der Waals surface area contributed by atoms with Gasteiger partial charge < -0.3 is 20.4 Å². The van der Waals surface area contributed by atoms with E-state index in [-0.39, 0.29) is 28.9 Å². The number of aromatic nitrogens is 3. The van der Waals surface area contributed by atoms with E-state index in [0.717, 1.165) is 18.7 Å². The molecule has 0 radical (unpaired) electrons. The highest BCUT2D eigenvalue weighted by Gasteiger charge is 2.30. The third kappa shape index (κ3) is 6.04. The largest absolute Gasteiger partial charge is 0.433 e. The molecule has 2 amide bonds. The summed E-state index contributed by atoms with van der Waals surface area (Å²) in [4.78, 5) is 23.4. The molecule has 0 bridgehead atoms. The number of nitrogens with two attached hydrogens (primary N) is 1. The molecule has 1 heterocycles. The lowest BCUT2D eigenvalue weighted by atomic mass is 10.3. The Kier molecular flexibility index (Phi) is 6.91. The van der Waals surface area contributed by atoms with E-state index < -0.39 is 12.5 Å². The lowest BCUT2D eigenvalue weighted by molar-refractivity contribution is -0.118. The number of carbonyl (C=O) groups is 2. The van der Waals surface area contributed by atoms with Gasteiger partial charge in [0.05, 0.1) is 10.8 Å². The maximum absolute atomic E-state index is 12.3. The average Bonchev–Trinajstić information content (AvgIpc) is 3.40. The summed E-state index contributed by atoms with van der Waals surface area (Å²) >= 11 is 7.05. The highest BCUT2D eigenvalue weighted by molar-refractivity contribution is 7.99. The summed E-state index contributed by atoms with van der Waals surface area (Å²) in [6.45, 7) is -2.63. The molecule has 1 aromatic carbocycles. The fourth-order valence-corrected chi connectivity index (χ4v) is 3.58. The quantitative estimate of drug-likeness (QED) is 0.543. The summed E-state index contributed by atoms with van der Waals surface area (Å²) in [5, 5.41) is 11.4. The Labute approximate surface area is 174 Å². The number of ether oxygens (including phenoxy) is 1. The number of nitrogens with zero attached hydrogens (tertiary/aromatic N) is 3. The number of halogens is 3. The predicted molar refractivity (Wildman–Crippen MR) is 103 cm³/mol. The maximum atomic E-state index is 12.3.